The Bertz CT molecular complexity index is 648. The van der Waals surface area contributed by atoms with Gasteiger partial charge in [-0.15, -0.1) is 24.0 Å². The SMILES string of the molecule is CCOc1cc(CCCNC(=NC)N2CCC3(CCOC3)C2)ccc1OC.I. The number of aryl methyl sites for hydroxylation is 1. The van der Waals surface area contributed by atoms with Crippen molar-refractivity contribution in [2.45, 2.75) is 32.6 Å². The van der Waals surface area contributed by atoms with Crippen LogP contribution in [-0.2, 0) is 11.2 Å². The highest BCUT2D eigenvalue weighted by Crippen LogP contribution is 2.38. The highest BCUT2D eigenvalue weighted by atomic mass is 127. The molecule has 2 fully saturated rings. The van der Waals surface area contributed by atoms with Crippen molar-refractivity contribution in [2.24, 2.45) is 10.4 Å². The Labute approximate surface area is 186 Å². The second kappa shape index (κ2) is 11.1. The van der Waals surface area contributed by atoms with Crippen LogP contribution >= 0.6 is 24.0 Å². The zero-order valence-electron chi connectivity index (χ0n) is 17.3. The quantitative estimate of drug-likeness (QED) is 0.268. The number of likely N-dealkylation sites (tertiary alicyclic amines) is 1. The lowest BCUT2D eigenvalue weighted by atomic mass is 9.87. The van der Waals surface area contributed by atoms with Gasteiger partial charge in [-0.05, 0) is 50.3 Å². The maximum atomic E-state index is 5.67. The molecular formula is C21H34IN3O3. The van der Waals surface area contributed by atoms with E-state index in [2.05, 4.69) is 27.3 Å². The summed E-state index contributed by atoms with van der Waals surface area (Å²) in [6.07, 6.45) is 4.42. The van der Waals surface area contributed by atoms with Crippen LogP contribution in [0.1, 0.15) is 31.7 Å². The van der Waals surface area contributed by atoms with Gasteiger partial charge >= 0.3 is 0 Å². The van der Waals surface area contributed by atoms with E-state index in [1.54, 1.807) is 7.11 Å². The first-order valence-electron chi connectivity index (χ1n) is 10.0. The molecule has 1 atom stereocenters. The summed E-state index contributed by atoms with van der Waals surface area (Å²) in [4.78, 5) is 6.87. The van der Waals surface area contributed by atoms with Crippen LogP contribution in [0, 0.1) is 5.41 Å². The van der Waals surface area contributed by atoms with E-state index in [1.807, 2.05) is 20.0 Å². The van der Waals surface area contributed by atoms with Crippen LogP contribution in [-0.4, -0.2) is 64.5 Å². The standard InChI is InChI=1S/C21H33N3O3.HI/c1-4-27-19-14-17(7-8-18(19)25-3)6-5-11-23-20(22-2)24-12-9-21(15-24)10-13-26-16-21;/h7-8,14H,4-6,9-13,15-16H2,1-3H3,(H,22,23);1H. The number of hydrogen-bond acceptors (Lipinski definition) is 4. The highest BCUT2D eigenvalue weighted by Gasteiger charge is 2.42. The maximum absolute atomic E-state index is 5.67. The van der Waals surface area contributed by atoms with Crippen LogP contribution in [0.4, 0.5) is 0 Å². The molecule has 0 amide bonds. The minimum absolute atomic E-state index is 0. The first kappa shape index (κ1) is 23.1. The van der Waals surface area contributed by atoms with Gasteiger partial charge < -0.3 is 24.4 Å². The molecule has 3 rings (SSSR count). The van der Waals surface area contributed by atoms with Crippen LogP contribution in [0.15, 0.2) is 23.2 Å². The normalized spacial score (nSPS) is 21.7. The van der Waals surface area contributed by atoms with Gasteiger partial charge in [-0.2, -0.15) is 0 Å². The predicted molar refractivity (Wildman–Crippen MR) is 123 cm³/mol. The first-order valence-corrected chi connectivity index (χ1v) is 10.0. The summed E-state index contributed by atoms with van der Waals surface area (Å²) in [5, 5.41) is 3.53. The van der Waals surface area contributed by atoms with Gasteiger partial charge in [0.15, 0.2) is 17.5 Å². The summed E-state index contributed by atoms with van der Waals surface area (Å²) < 4.78 is 16.6. The van der Waals surface area contributed by atoms with Crippen molar-refractivity contribution in [1.29, 1.82) is 0 Å². The monoisotopic (exact) mass is 503 g/mol. The van der Waals surface area contributed by atoms with Gasteiger partial charge in [0, 0.05) is 38.7 Å². The summed E-state index contributed by atoms with van der Waals surface area (Å²) in [7, 11) is 3.55. The van der Waals surface area contributed by atoms with Crippen LogP contribution in [0.2, 0.25) is 0 Å². The van der Waals surface area contributed by atoms with Gasteiger partial charge in [0.2, 0.25) is 0 Å². The Hall–Kier alpha value is -1.22. The van der Waals surface area contributed by atoms with Gasteiger partial charge in [0.25, 0.3) is 0 Å². The molecule has 0 aliphatic carbocycles. The van der Waals surface area contributed by atoms with Crippen molar-refractivity contribution in [3.63, 3.8) is 0 Å². The average molecular weight is 503 g/mol. The van der Waals surface area contributed by atoms with Gasteiger partial charge in [-0.1, -0.05) is 6.07 Å². The molecule has 6 nitrogen and oxygen atoms in total. The number of rotatable bonds is 7. The van der Waals surface area contributed by atoms with Gasteiger partial charge in [0.1, 0.15) is 0 Å². The Kier molecular flexibility index (Phi) is 9.14. The molecule has 28 heavy (non-hydrogen) atoms. The lowest BCUT2D eigenvalue weighted by Gasteiger charge is -2.25. The molecule has 2 heterocycles. The van der Waals surface area contributed by atoms with E-state index in [1.165, 1.54) is 18.4 Å². The fraction of sp³-hybridized carbons (Fsp3) is 0.667. The third-order valence-electron chi connectivity index (χ3n) is 5.59. The second-order valence-electron chi connectivity index (χ2n) is 7.47. The van der Waals surface area contributed by atoms with E-state index in [0.717, 1.165) is 63.1 Å². The molecule has 7 heteroatoms. The Balaban J connectivity index is 0.00000280. The second-order valence-corrected chi connectivity index (χ2v) is 7.47. The van der Waals surface area contributed by atoms with E-state index in [0.29, 0.717) is 12.0 Å². The third-order valence-corrected chi connectivity index (χ3v) is 5.59. The van der Waals surface area contributed by atoms with E-state index in [9.17, 15) is 0 Å². The molecule has 0 saturated carbocycles. The third kappa shape index (κ3) is 5.65. The van der Waals surface area contributed by atoms with Crippen molar-refractivity contribution < 1.29 is 14.2 Å². The number of ether oxygens (including phenoxy) is 3. The van der Waals surface area contributed by atoms with Crippen LogP contribution in [0.3, 0.4) is 0 Å². The van der Waals surface area contributed by atoms with Crippen LogP contribution in [0.25, 0.3) is 0 Å². The minimum atomic E-state index is 0. The molecule has 2 aliphatic rings. The van der Waals surface area contributed by atoms with Crippen molar-refractivity contribution in [1.82, 2.24) is 10.2 Å². The molecule has 1 spiro atoms. The molecule has 1 unspecified atom stereocenters. The Morgan fingerprint density at radius 1 is 1.32 bits per heavy atom. The number of guanidine groups is 1. The van der Waals surface area contributed by atoms with E-state index >= 15 is 0 Å². The number of nitrogens with zero attached hydrogens (tertiary/aromatic N) is 2. The van der Waals surface area contributed by atoms with E-state index in [-0.39, 0.29) is 24.0 Å². The lowest BCUT2D eigenvalue weighted by Crippen LogP contribution is -2.41. The molecule has 1 N–H and O–H groups in total. The molecule has 1 aromatic carbocycles. The Morgan fingerprint density at radius 3 is 2.86 bits per heavy atom. The molecule has 2 saturated heterocycles. The first-order chi connectivity index (χ1) is 13.2. The largest absolute Gasteiger partial charge is 0.493 e. The number of benzene rings is 1. The molecule has 1 aromatic rings. The van der Waals surface area contributed by atoms with Crippen molar-refractivity contribution in [3.05, 3.63) is 23.8 Å². The number of nitrogens with one attached hydrogen (secondary N) is 1. The van der Waals surface area contributed by atoms with Gasteiger partial charge in [-0.3, -0.25) is 4.99 Å². The summed E-state index contributed by atoms with van der Waals surface area (Å²) in [5.41, 5.74) is 1.62. The molecule has 0 radical (unpaired) electrons. The molecule has 0 bridgehead atoms. The van der Waals surface area contributed by atoms with E-state index < -0.39 is 0 Å². The molecular weight excluding hydrogens is 469 g/mol. The number of halogens is 1. The van der Waals surface area contributed by atoms with E-state index in [4.69, 9.17) is 14.2 Å². The number of aliphatic imine (C=N–C) groups is 1. The van der Waals surface area contributed by atoms with Crippen molar-refractivity contribution in [2.75, 3.05) is 53.6 Å². The maximum Gasteiger partial charge on any atom is 0.193 e. The summed E-state index contributed by atoms with van der Waals surface area (Å²) >= 11 is 0. The number of hydrogen-bond donors (Lipinski definition) is 1. The average Bonchev–Trinajstić information content (AvgIpc) is 3.32. The smallest absolute Gasteiger partial charge is 0.193 e. The topological polar surface area (TPSA) is 55.3 Å². The zero-order valence-corrected chi connectivity index (χ0v) is 19.7. The molecule has 158 valence electrons. The highest BCUT2D eigenvalue weighted by molar-refractivity contribution is 14.0. The van der Waals surface area contributed by atoms with Gasteiger partial charge in [-0.25, -0.2) is 0 Å². The molecule has 0 aromatic heterocycles. The summed E-state index contributed by atoms with van der Waals surface area (Å²) in [6.45, 7) is 7.47. The van der Waals surface area contributed by atoms with Crippen molar-refractivity contribution in [3.8, 4) is 11.5 Å². The van der Waals surface area contributed by atoms with Gasteiger partial charge in [0.05, 0.1) is 20.3 Å². The minimum Gasteiger partial charge on any atom is -0.493 e. The van der Waals surface area contributed by atoms with Crippen LogP contribution in [0.5, 0.6) is 11.5 Å². The number of methoxy groups -OCH3 is 1. The summed E-state index contributed by atoms with van der Waals surface area (Å²) in [6, 6.07) is 6.18. The van der Waals surface area contributed by atoms with Crippen LogP contribution < -0.4 is 14.8 Å². The fourth-order valence-corrected chi connectivity index (χ4v) is 4.06. The fourth-order valence-electron chi connectivity index (χ4n) is 4.06. The lowest BCUT2D eigenvalue weighted by molar-refractivity contribution is 0.156. The zero-order chi connectivity index (χ0) is 19.1. The summed E-state index contributed by atoms with van der Waals surface area (Å²) in [5.74, 6) is 2.63. The van der Waals surface area contributed by atoms with Crippen molar-refractivity contribution >= 4 is 29.9 Å². The molecule has 2 aliphatic heterocycles. The predicted octanol–water partition coefficient (Wildman–Crippen LogP) is 3.33. The Morgan fingerprint density at radius 2 is 2.18 bits per heavy atom.